The molecule has 1 rings (SSSR count). The molecule has 0 aliphatic heterocycles. The summed E-state index contributed by atoms with van der Waals surface area (Å²) in [6, 6.07) is 3.21. The van der Waals surface area contributed by atoms with Crippen molar-refractivity contribution in [2.24, 2.45) is 0 Å². The Morgan fingerprint density at radius 2 is 2.45 bits per heavy atom. The van der Waals surface area contributed by atoms with E-state index in [0.29, 0.717) is 11.3 Å². The fraction of sp³-hybridized carbons (Fsp3) is 0.250. The van der Waals surface area contributed by atoms with Gasteiger partial charge in [-0.25, -0.2) is 0 Å². The molecule has 1 N–H and O–H groups in total. The van der Waals surface area contributed by atoms with Crippen molar-refractivity contribution in [3.63, 3.8) is 0 Å². The van der Waals surface area contributed by atoms with Crippen molar-refractivity contribution >= 4 is 5.78 Å². The molecule has 1 heterocycles. The first-order valence-corrected chi connectivity index (χ1v) is 3.31. The molecular formula is C8H9NO2. The zero-order chi connectivity index (χ0) is 8.27. The van der Waals surface area contributed by atoms with E-state index in [2.05, 4.69) is 4.98 Å². The number of aliphatic hydroxyl groups is 1. The lowest BCUT2D eigenvalue weighted by atomic mass is 10.2. The molecule has 0 amide bonds. The molecule has 0 unspecified atom stereocenters. The van der Waals surface area contributed by atoms with Crippen LogP contribution in [0.4, 0.5) is 0 Å². The van der Waals surface area contributed by atoms with Gasteiger partial charge >= 0.3 is 0 Å². The van der Waals surface area contributed by atoms with Gasteiger partial charge in [-0.15, -0.1) is 0 Å². The molecule has 0 atom stereocenters. The summed E-state index contributed by atoms with van der Waals surface area (Å²) in [5, 5.41) is 8.67. The molecular weight excluding hydrogens is 142 g/mol. The van der Waals surface area contributed by atoms with Crippen molar-refractivity contribution in [2.75, 3.05) is 0 Å². The number of rotatable bonds is 2. The van der Waals surface area contributed by atoms with Crippen molar-refractivity contribution in [3.8, 4) is 0 Å². The van der Waals surface area contributed by atoms with E-state index in [1.165, 1.54) is 13.1 Å². The second kappa shape index (κ2) is 3.25. The minimum atomic E-state index is -0.124. The van der Waals surface area contributed by atoms with Gasteiger partial charge < -0.3 is 5.11 Å². The monoisotopic (exact) mass is 151 g/mol. The molecule has 0 spiro atoms. The SMILES string of the molecule is CC(=O)c1ccnc(CO)c1. The van der Waals surface area contributed by atoms with Gasteiger partial charge in [-0.1, -0.05) is 0 Å². The molecule has 0 radical (unpaired) electrons. The minimum absolute atomic E-state index is 0.0119. The standard InChI is InChI=1S/C8H9NO2/c1-6(11)7-2-3-9-8(4-7)5-10/h2-4,10H,5H2,1H3. The highest BCUT2D eigenvalue weighted by Gasteiger charge is 1.99. The van der Waals surface area contributed by atoms with E-state index in [-0.39, 0.29) is 12.4 Å². The van der Waals surface area contributed by atoms with Crippen LogP contribution in [0, 0.1) is 0 Å². The number of carbonyl (C=O) groups excluding carboxylic acids is 1. The summed E-state index contributed by atoms with van der Waals surface area (Å²) in [7, 11) is 0. The summed E-state index contributed by atoms with van der Waals surface area (Å²) in [6.45, 7) is 1.36. The smallest absolute Gasteiger partial charge is 0.159 e. The summed E-state index contributed by atoms with van der Waals surface area (Å²) in [5.74, 6) is -0.0119. The van der Waals surface area contributed by atoms with Gasteiger partial charge in [-0.05, 0) is 19.1 Å². The maximum absolute atomic E-state index is 10.8. The average Bonchev–Trinajstić information content (AvgIpc) is 2.05. The topological polar surface area (TPSA) is 50.2 Å². The Kier molecular flexibility index (Phi) is 2.33. The van der Waals surface area contributed by atoms with Crippen LogP contribution in [-0.2, 0) is 6.61 Å². The Bertz CT molecular complexity index is 271. The van der Waals surface area contributed by atoms with Crippen LogP contribution in [0.3, 0.4) is 0 Å². The lowest BCUT2D eigenvalue weighted by molar-refractivity contribution is 0.101. The van der Waals surface area contributed by atoms with E-state index in [0.717, 1.165) is 0 Å². The third-order valence-electron chi connectivity index (χ3n) is 1.39. The summed E-state index contributed by atoms with van der Waals surface area (Å²) in [6.07, 6.45) is 1.52. The number of carbonyl (C=O) groups is 1. The second-order valence-corrected chi connectivity index (χ2v) is 2.25. The second-order valence-electron chi connectivity index (χ2n) is 2.25. The summed E-state index contributed by atoms with van der Waals surface area (Å²) < 4.78 is 0. The molecule has 3 nitrogen and oxygen atoms in total. The molecule has 0 aliphatic carbocycles. The zero-order valence-electron chi connectivity index (χ0n) is 6.24. The molecule has 0 aliphatic rings. The molecule has 0 saturated heterocycles. The summed E-state index contributed by atoms with van der Waals surface area (Å²) in [5.41, 5.74) is 1.11. The van der Waals surface area contributed by atoms with Crippen molar-refractivity contribution in [2.45, 2.75) is 13.5 Å². The number of hydrogen-bond acceptors (Lipinski definition) is 3. The van der Waals surface area contributed by atoms with E-state index < -0.39 is 0 Å². The van der Waals surface area contributed by atoms with E-state index in [9.17, 15) is 4.79 Å². The predicted octanol–water partition coefficient (Wildman–Crippen LogP) is 0.776. The highest BCUT2D eigenvalue weighted by Crippen LogP contribution is 2.01. The molecule has 3 heteroatoms. The number of Topliss-reactive ketones (excluding diaryl/α,β-unsaturated/α-hetero) is 1. The molecule has 1 aromatic heterocycles. The van der Waals surface area contributed by atoms with Crippen LogP contribution in [0.5, 0.6) is 0 Å². The Labute approximate surface area is 64.7 Å². The number of nitrogens with zero attached hydrogens (tertiary/aromatic N) is 1. The maximum atomic E-state index is 10.8. The van der Waals surface area contributed by atoms with E-state index in [1.807, 2.05) is 0 Å². The van der Waals surface area contributed by atoms with Gasteiger partial charge in [0.15, 0.2) is 5.78 Å². The number of ketones is 1. The normalized spacial score (nSPS) is 9.64. The molecule has 0 aromatic carbocycles. The number of hydrogen-bond donors (Lipinski definition) is 1. The number of aliphatic hydroxyl groups excluding tert-OH is 1. The van der Waals surface area contributed by atoms with Crippen LogP contribution in [0.25, 0.3) is 0 Å². The zero-order valence-corrected chi connectivity index (χ0v) is 6.24. The van der Waals surface area contributed by atoms with Crippen LogP contribution in [0.1, 0.15) is 23.0 Å². The van der Waals surface area contributed by atoms with Gasteiger partial charge in [0.1, 0.15) is 0 Å². The van der Waals surface area contributed by atoms with Crippen molar-refractivity contribution in [3.05, 3.63) is 29.6 Å². The fourth-order valence-corrected chi connectivity index (χ4v) is 0.784. The van der Waals surface area contributed by atoms with Crippen LogP contribution in [-0.4, -0.2) is 15.9 Å². The molecule has 0 fully saturated rings. The third-order valence-corrected chi connectivity index (χ3v) is 1.39. The first-order valence-electron chi connectivity index (χ1n) is 3.31. The van der Waals surface area contributed by atoms with Crippen LogP contribution in [0.2, 0.25) is 0 Å². The van der Waals surface area contributed by atoms with Crippen molar-refractivity contribution in [1.29, 1.82) is 0 Å². The summed E-state index contributed by atoms with van der Waals surface area (Å²) >= 11 is 0. The van der Waals surface area contributed by atoms with Gasteiger partial charge in [0, 0.05) is 11.8 Å². The number of pyridine rings is 1. The van der Waals surface area contributed by atoms with Crippen LogP contribution in [0.15, 0.2) is 18.3 Å². The van der Waals surface area contributed by atoms with Gasteiger partial charge in [0.05, 0.1) is 12.3 Å². The average molecular weight is 151 g/mol. The van der Waals surface area contributed by atoms with Gasteiger partial charge in [0.2, 0.25) is 0 Å². The maximum Gasteiger partial charge on any atom is 0.159 e. The highest BCUT2D eigenvalue weighted by atomic mass is 16.3. The van der Waals surface area contributed by atoms with E-state index >= 15 is 0 Å². The Morgan fingerprint density at radius 3 is 3.00 bits per heavy atom. The van der Waals surface area contributed by atoms with Gasteiger partial charge in [0.25, 0.3) is 0 Å². The third kappa shape index (κ3) is 1.85. The molecule has 58 valence electrons. The van der Waals surface area contributed by atoms with Crippen LogP contribution < -0.4 is 0 Å². The Hall–Kier alpha value is -1.22. The number of aromatic nitrogens is 1. The highest BCUT2D eigenvalue weighted by molar-refractivity contribution is 5.93. The lowest BCUT2D eigenvalue weighted by Crippen LogP contribution is -1.95. The summed E-state index contributed by atoms with van der Waals surface area (Å²) in [4.78, 5) is 14.6. The van der Waals surface area contributed by atoms with Gasteiger partial charge in [-0.2, -0.15) is 0 Å². The predicted molar refractivity (Wildman–Crippen MR) is 40.2 cm³/mol. The fourth-order valence-electron chi connectivity index (χ4n) is 0.784. The van der Waals surface area contributed by atoms with E-state index in [1.54, 1.807) is 12.1 Å². The molecule has 0 bridgehead atoms. The first kappa shape index (κ1) is 7.88. The van der Waals surface area contributed by atoms with Crippen molar-refractivity contribution in [1.82, 2.24) is 4.98 Å². The lowest BCUT2D eigenvalue weighted by Gasteiger charge is -1.96. The molecule has 0 saturated carbocycles. The molecule has 11 heavy (non-hydrogen) atoms. The Balaban J connectivity index is 3.01. The van der Waals surface area contributed by atoms with E-state index in [4.69, 9.17) is 5.11 Å². The Morgan fingerprint density at radius 1 is 1.73 bits per heavy atom. The quantitative estimate of drug-likeness (QED) is 0.635. The van der Waals surface area contributed by atoms with Crippen molar-refractivity contribution < 1.29 is 9.90 Å². The molecule has 1 aromatic rings. The largest absolute Gasteiger partial charge is 0.390 e. The van der Waals surface area contributed by atoms with Gasteiger partial charge in [-0.3, -0.25) is 9.78 Å². The first-order chi connectivity index (χ1) is 5.24. The minimum Gasteiger partial charge on any atom is -0.390 e. The van der Waals surface area contributed by atoms with Crippen LogP contribution >= 0.6 is 0 Å².